The molecule has 0 saturated carbocycles. The first kappa shape index (κ1) is 22.5. The summed E-state index contributed by atoms with van der Waals surface area (Å²) in [5.74, 6) is -1.07. The normalized spacial score (nSPS) is 16.0. The lowest BCUT2D eigenvalue weighted by atomic mass is 9.95. The number of hydrogen-bond donors (Lipinski definition) is 1. The highest BCUT2D eigenvalue weighted by Gasteiger charge is 2.33. The summed E-state index contributed by atoms with van der Waals surface area (Å²) < 4.78 is 5.06. The Morgan fingerprint density at radius 1 is 1.21 bits per heavy atom. The van der Waals surface area contributed by atoms with Crippen LogP contribution in [0.2, 0.25) is 10.0 Å². The van der Waals surface area contributed by atoms with Gasteiger partial charge in [-0.1, -0.05) is 37.0 Å². The van der Waals surface area contributed by atoms with Crippen molar-refractivity contribution in [2.24, 2.45) is 11.8 Å². The summed E-state index contributed by atoms with van der Waals surface area (Å²) in [7, 11) is 0. The fraction of sp³-hybridized carbons (Fsp3) is 0.550. The van der Waals surface area contributed by atoms with E-state index in [1.165, 1.54) is 12.1 Å². The smallest absolute Gasteiger partial charge is 0.309 e. The Kier molecular flexibility index (Phi) is 8.13. The van der Waals surface area contributed by atoms with Gasteiger partial charge in [0, 0.05) is 18.1 Å². The third-order valence-corrected chi connectivity index (χ3v) is 5.37. The van der Waals surface area contributed by atoms with Crippen LogP contribution in [0.3, 0.4) is 0 Å². The second kappa shape index (κ2) is 10.1. The number of ether oxygens (including phenoxy) is 1. The number of rotatable bonds is 6. The van der Waals surface area contributed by atoms with Crippen LogP contribution in [0.25, 0.3) is 0 Å². The third kappa shape index (κ3) is 5.61. The molecule has 0 aliphatic carbocycles. The molecule has 2 amide bonds. The zero-order valence-electron chi connectivity index (χ0n) is 16.3. The Morgan fingerprint density at radius 2 is 1.86 bits per heavy atom. The summed E-state index contributed by atoms with van der Waals surface area (Å²) in [4.78, 5) is 39.2. The molecule has 8 heteroatoms. The maximum atomic E-state index is 13.0. The van der Waals surface area contributed by atoms with Gasteiger partial charge in [0.2, 0.25) is 5.91 Å². The van der Waals surface area contributed by atoms with Crippen molar-refractivity contribution in [1.82, 2.24) is 10.2 Å². The molecule has 1 fully saturated rings. The molecule has 1 saturated heterocycles. The molecule has 1 heterocycles. The lowest BCUT2D eigenvalue weighted by Gasteiger charge is -2.34. The topological polar surface area (TPSA) is 75.7 Å². The van der Waals surface area contributed by atoms with Crippen LogP contribution in [0.15, 0.2) is 18.2 Å². The molecule has 1 aromatic rings. The zero-order valence-corrected chi connectivity index (χ0v) is 17.8. The summed E-state index contributed by atoms with van der Waals surface area (Å²) >= 11 is 12.0. The van der Waals surface area contributed by atoms with Crippen LogP contribution < -0.4 is 5.32 Å². The quantitative estimate of drug-likeness (QED) is 0.702. The van der Waals surface area contributed by atoms with Crippen LogP contribution in [0.5, 0.6) is 0 Å². The Bertz CT molecular complexity index is 731. The fourth-order valence-electron chi connectivity index (χ4n) is 3.20. The molecule has 0 radical (unpaired) electrons. The molecule has 2 rings (SSSR count). The SMILES string of the molecule is CCOC(=O)C1CCN(C(=O)C(NC(=O)c2ccc(Cl)cc2Cl)C(C)C)CC1. The fourth-order valence-corrected chi connectivity index (χ4v) is 3.69. The second-order valence-corrected chi connectivity index (χ2v) is 8.01. The predicted molar refractivity (Wildman–Crippen MR) is 108 cm³/mol. The average molecular weight is 429 g/mol. The maximum Gasteiger partial charge on any atom is 0.309 e. The number of halogens is 2. The van der Waals surface area contributed by atoms with E-state index in [2.05, 4.69) is 5.32 Å². The number of likely N-dealkylation sites (tertiary alicyclic amines) is 1. The molecule has 1 atom stereocenters. The average Bonchev–Trinajstić information content (AvgIpc) is 2.65. The van der Waals surface area contributed by atoms with Crippen molar-refractivity contribution < 1.29 is 19.1 Å². The lowest BCUT2D eigenvalue weighted by Crippen LogP contribution is -2.53. The number of hydrogen-bond acceptors (Lipinski definition) is 4. The standard InChI is InChI=1S/C20H26Cl2N2O4/c1-4-28-20(27)13-7-9-24(10-8-13)19(26)17(12(2)3)23-18(25)15-6-5-14(21)11-16(15)22/h5-6,11-13,17H,4,7-10H2,1-3H3,(H,23,25). The monoisotopic (exact) mass is 428 g/mol. The highest BCUT2D eigenvalue weighted by atomic mass is 35.5. The molecule has 0 bridgehead atoms. The first-order chi connectivity index (χ1) is 13.2. The summed E-state index contributed by atoms with van der Waals surface area (Å²) in [5.41, 5.74) is 0.269. The predicted octanol–water partition coefficient (Wildman–Crippen LogP) is 3.55. The van der Waals surface area contributed by atoms with Gasteiger partial charge in [0.15, 0.2) is 0 Å². The number of esters is 1. The molecule has 1 aromatic carbocycles. The van der Waals surface area contributed by atoms with Gasteiger partial charge in [-0.3, -0.25) is 14.4 Å². The molecule has 6 nitrogen and oxygen atoms in total. The summed E-state index contributed by atoms with van der Waals surface area (Å²) in [6, 6.07) is 3.92. The van der Waals surface area contributed by atoms with Crippen LogP contribution in [-0.4, -0.2) is 48.4 Å². The van der Waals surface area contributed by atoms with Crippen molar-refractivity contribution in [2.45, 2.75) is 39.7 Å². The second-order valence-electron chi connectivity index (χ2n) is 7.17. The lowest BCUT2D eigenvalue weighted by molar-refractivity contribution is -0.151. The molecule has 154 valence electrons. The number of amides is 2. The number of piperidine rings is 1. The molecule has 28 heavy (non-hydrogen) atoms. The molecule has 1 unspecified atom stereocenters. The Hall–Kier alpha value is -1.79. The number of carbonyl (C=O) groups is 3. The molecule has 1 N–H and O–H groups in total. The van der Waals surface area contributed by atoms with Gasteiger partial charge in [0.25, 0.3) is 5.91 Å². The van der Waals surface area contributed by atoms with Crippen LogP contribution in [0.4, 0.5) is 0 Å². The largest absolute Gasteiger partial charge is 0.466 e. The van der Waals surface area contributed by atoms with E-state index in [9.17, 15) is 14.4 Å². The van der Waals surface area contributed by atoms with E-state index in [0.717, 1.165) is 0 Å². The Labute approximate surface area is 175 Å². The van der Waals surface area contributed by atoms with E-state index in [0.29, 0.717) is 37.6 Å². The minimum absolute atomic E-state index is 0.106. The van der Waals surface area contributed by atoms with Gasteiger partial charge in [0.05, 0.1) is 23.1 Å². The van der Waals surface area contributed by atoms with Crippen LogP contribution in [-0.2, 0) is 14.3 Å². The van der Waals surface area contributed by atoms with E-state index in [-0.39, 0.29) is 34.3 Å². The van der Waals surface area contributed by atoms with E-state index in [1.807, 2.05) is 13.8 Å². The summed E-state index contributed by atoms with van der Waals surface area (Å²) in [5, 5.41) is 3.46. The molecule has 1 aliphatic heterocycles. The van der Waals surface area contributed by atoms with Crippen LogP contribution in [0, 0.1) is 11.8 Å². The number of benzene rings is 1. The number of carbonyl (C=O) groups excluding carboxylic acids is 3. The first-order valence-electron chi connectivity index (χ1n) is 9.45. The highest BCUT2D eigenvalue weighted by Crippen LogP contribution is 2.23. The van der Waals surface area contributed by atoms with E-state index < -0.39 is 11.9 Å². The summed E-state index contributed by atoms with van der Waals surface area (Å²) in [6.45, 7) is 6.80. The van der Waals surface area contributed by atoms with Gasteiger partial charge < -0.3 is 15.0 Å². The van der Waals surface area contributed by atoms with Crippen molar-refractivity contribution >= 4 is 41.0 Å². The molecule has 0 aromatic heterocycles. The van der Waals surface area contributed by atoms with Crippen molar-refractivity contribution in [3.8, 4) is 0 Å². The molecule has 1 aliphatic rings. The van der Waals surface area contributed by atoms with Crippen molar-refractivity contribution in [3.63, 3.8) is 0 Å². The summed E-state index contributed by atoms with van der Waals surface area (Å²) in [6.07, 6.45) is 1.12. The van der Waals surface area contributed by atoms with Crippen molar-refractivity contribution in [2.75, 3.05) is 19.7 Å². The van der Waals surface area contributed by atoms with Gasteiger partial charge in [0.1, 0.15) is 6.04 Å². The number of nitrogens with zero attached hydrogens (tertiary/aromatic N) is 1. The van der Waals surface area contributed by atoms with Gasteiger partial charge in [-0.25, -0.2) is 0 Å². The molecule has 0 spiro atoms. The minimum Gasteiger partial charge on any atom is -0.466 e. The first-order valence-corrected chi connectivity index (χ1v) is 10.2. The van der Waals surface area contributed by atoms with Gasteiger partial charge in [-0.2, -0.15) is 0 Å². The molecular formula is C20H26Cl2N2O4. The highest BCUT2D eigenvalue weighted by molar-refractivity contribution is 6.36. The zero-order chi connectivity index (χ0) is 20.8. The van der Waals surface area contributed by atoms with Crippen molar-refractivity contribution in [3.05, 3.63) is 33.8 Å². The maximum absolute atomic E-state index is 13.0. The minimum atomic E-state index is -0.682. The van der Waals surface area contributed by atoms with Crippen molar-refractivity contribution in [1.29, 1.82) is 0 Å². The van der Waals surface area contributed by atoms with Crippen LogP contribution in [0.1, 0.15) is 44.0 Å². The number of nitrogens with one attached hydrogen (secondary N) is 1. The van der Waals surface area contributed by atoms with Gasteiger partial charge >= 0.3 is 5.97 Å². The molecular weight excluding hydrogens is 403 g/mol. The van der Waals surface area contributed by atoms with Gasteiger partial charge in [-0.05, 0) is 43.9 Å². The van der Waals surface area contributed by atoms with Crippen LogP contribution >= 0.6 is 23.2 Å². The third-order valence-electron chi connectivity index (χ3n) is 4.82. The van der Waals surface area contributed by atoms with Gasteiger partial charge in [-0.15, -0.1) is 0 Å². The van der Waals surface area contributed by atoms with E-state index >= 15 is 0 Å². The Balaban J connectivity index is 2.02. The Morgan fingerprint density at radius 3 is 2.39 bits per heavy atom. The van der Waals surface area contributed by atoms with E-state index in [1.54, 1.807) is 17.9 Å². The van der Waals surface area contributed by atoms with E-state index in [4.69, 9.17) is 27.9 Å².